The molecule has 0 aliphatic heterocycles. The first-order chi connectivity index (χ1) is 8.56. The smallest absolute Gasteiger partial charge is 0.122 e. The summed E-state index contributed by atoms with van der Waals surface area (Å²) in [7, 11) is 0. The third kappa shape index (κ3) is 2.96. The lowest BCUT2D eigenvalue weighted by Crippen LogP contribution is -2.01. The van der Waals surface area contributed by atoms with Gasteiger partial charge in [0.05, 0.1) is 0 Å². The monoisotopic (exact) mass is 261 g/mol. The average Bonchev–Trinajstić information content (AvgIpc) is 2.34. The van der Waals surface area contributed by atoms with Gasteiger partial charge in [-0.3, -0.25) is 0 Å². The van der Waals surface area contributed by atoms with Gasteiger partial charge in [0, 0.05) is 16.3 Å². The van der Waals surface area contributed by atoms with Crippen molar-refractivity contribution in [1.82, 2.24) is 0 Å². The van der Waals surface area contributed by atoms with E-state index in [2.05, 4.69) is 6.07 Å². The number of nitrogens with two attached hydrogens (primary N) is 1. The fraction of sp³-hybridized carbons (Fsp3) is 0.200. The van der Waals surface area contributed by atoms with E-state index in [1.54, 1.807) is 12.1 Å². The van der Waals surface area contributed by atoms with E-state index in [4.69, 9.17) is 22.1 Å². The maximum atomic E-state index is 5.94. The van der Waals surface area contributed by atoms with Crippen LogP contribution in [0.5, 0.6) is 5.75 Å². The standard InChI is InChI=1S/C15H16ClNO/c1-10-3-4-11(2)15(7-10)18-9-12-8-13(16)5-6-14(12)17/h3-8H,9,17H2,1-2H3. The molecule has 0 radical (unpaired) electrons. The second kappa shape index (κ2) is 5.32. The summed E-state index contributed by atoms with van der Waals surface area (Å²) in [5.74, 6) is 0.884. The van der Waals surface area contributed by atoms with Crippen molar-refractivity contribution in [3.05, 3.63) is 58.1 Å². The first-order valence-electron chi connectivity index (χ1n) is 5.80. The van der Waals surface area contributed by atoms with E-state index < -0.39 is 0 Å². The summed E-state index contributed by atoms with van der Waals surface area (Å²) in [6.07, 6.45) is 0. The molecule has 0 fully saturated rings. The van der Waals surface area contributed by atoms with Gasteiger partial charge in [-0.05, 0) is 49.2 Å². The van der Waals surface area contributed by atoms with Crippen LogP contribution in [-0.4, -0.2) is 0 Å². The number of halogens is 1. The molecule has 2 N–H and O–H groups in total. The fourth-order valence-electron chi connectivity index (χ4n) is 1.72. The molecule has 0 aliphatic rings. The van der Waals surface area contributed by atoms with Crippen molar-refractivity contribution in [3.8, 4) is 5.75 Å². The Morgan fingerprint density at radius 2 is 1.89 bits per heavy atom. The molecule has 0 atom stereocenters. The van der Waals surface area contributed by atoms with Crippen LogP contribution in [0, 0.1) is 13.8 Å². The van der Waals surface area contributed by atoms with Crippen LogP contribution in [0.3, 0.4) is 0 Å². The SMILES string of the molecule is Cc1ccc(C)c(OCc2cc(Cl)ccc2N)c1. The van der Waals surface area contributed by atoms with E-state index in [1.165, 1.54) is 5.56 Å². The van der Waals surface area contributed by atoms with Gasteiger partial charge in [0.2, 0.25) is 0 Å². The highest BCUT2D eigenvalue weighted by Gasteiger charge is 2.04. The Morgan fingerprint density at radius 3 is 2.67 bits per heavy atom. The molecule has 0 spiro atoms. The Morgan fingerprint density at radius 1 is 1.11 bits per heavy atom. The molecular weight excluding hydrogens is 246 g/mol. The van der Waals surface area contributed by atoms with Crippen LogP contribution in [0.1, 0.15) is 16.7 Å². The summed E-state index contributed by atoms with van der Waals surface area (Å²) in [6.45, 7) is 4.49. The molecule has 0 aliphatic carbocycles. The Kier molecular flexibility index (Phi) is 3.78. The Bertz CT molecular complexity index is 515. The number of rotatable bonds is 3. The van der Waals surface area contributed by atoms with Crippen LogP contribution in [0.25, 0.3) is 0 Å². The summed E-state index contributed by atoms with van der Waals surface area (Å²) >= 11 is 5.94. The number of hydrogen-bond donors (Lipinski definition) is 1. The number of anilines is 1. The van der Waals surface area contributed by atoms with Crippen LogP contribution >= 0.6 is 11.6 Å². The summed E-state index contributed by atoms with van der Waals surface area (Å²) in [6, 6.07) is 11.5. The van der Waals surface area contributed by atoms with E-state index in [0.29, 0.717) is 17.3 Å². The Labute approximate surface area is 112 Å². The predicted octanol–water partition coefficient (Wildman–Crippen LogP) is 4.12. The molecule has 2 aromatic carbocycles. The summed E-state index contributed by atoms with van der Waals surface area (Å²) in [5, 5.41) is 0.670. The van der Waals surface area contributed by atoms with Crippen molar-refractivity contribution >= 4 is 17.3 Å². The molecule has 18 heavy (non-hydrogen) atoms. The first kappa shape index (κ1) is 12.8. The zero-order valence-electron chi connectivity index (χ0n) is 10.5. The quantitative estimate of drug-likeness (QED) is 0.844. The van der Waals surface area contributed by atoms with Gasteiger partial charge >= 0.3 is 0 Å². The molecule has 0 heterocycles. The fourth-order valence-corrected chi connectivity index (χ4v) is 1.91. The van der Waals surface area contributed by atoms with Gasteiger partial charge in [0.15, 0.2) is 0 Å². The van der Waals surface area contributed by atoms with Crippen LogP contribution in [-0.2, 0) is 6.61 Å². The predicted molar refractivity (Wildman–Crippen MR) is 76.1 cm³/mol. The first-order valence-corrected chi connectivity index (χ1v) is 6.18. The Balaban J connectivity index is 2.16. The molecule has 0 unspecified atom stereocenters. The van der Waals surface area contributed by atoms with Crippen molar-refractivity contribution in [2.45, 2.75) is 20.5 Å². The minimum Gasteiger partial charge on any atom is -0.489 e. The maximum Gasteiger partial charge on any atom is 0.122 e. The van der Waals surface area contributed by atoms with Crippen molar-refractivity contribution in [1.29, 1.82) is 0 Å². The molecule has 2 rings (SSSR count). The van der Waals surface area contributed by atoms with E-state index >= 15 is 0 Å². The van der Waals surface area contributed by atoms with Crippen molar-refractivity contribution in [3.63, 3.8) is 0 Å². The van der Waals surface area contributed by atoms with Crippen molar-refractivity contribution in [2.75, 3.05) is 5.73 Å². The average molecular weight is 262 g/mol. The molecule has 0 aromatic heterocycles. The third-order valence-corrected chi connectivity index (χ3v) is 3.07. The van der Waals surface area contributed by atoms with Gasteiger partial charge < -0.3 is 10.5 Å². The Hall–Kier alpha value is -1.67. The number of ether oxygens (including phenoxy) is 1. The number of hydrogen-bond acceptors (Lipinski definition) is 2. The maximum absolute atomic E-state index is 5.94. The summed E-state index contributed by atoms with van der Waals surface area (Å²) in [5.41, 5.74) is 9.78. The molecule has 0 bridgehead atoms. The number of aryl methyl sites for hydroxylation is 2. The number of nitrogen functional groups attached to an aromatic ring is 1. The second-order valence-corrected chi connectivity index (χ2v) is 4.84. The summed E-state index contributed by atoms with van der Waals surface area (Å²) < 4.78 is 5.80. The highest BCUT2D eigenvalue weighted by Crippen LogP contribution is 2.23. The zero-order valence-corrected chi connectivity index (χ0v) is 11.3. The summed E-state index contributed by atoms with van der Waals surface area (Å²) in [4.78, 5) is 0. The highest BCUT2D eigenvalue weighted by atomic mass is 35.5. The molecule has 94 valence electrons. The highest BCUT2D eigenvalue weighted by molar-refractivity contribution is 6.30. The molecule has 2 aromatic rings. The molecular formula is C15H16ClNO. The molecule has 3 heteroatoms. The van der Waals surface area contributed by atoms with Gasteiger partial charge in [0.1, 0.15) is 12.4 Å². The van der Waals surface area contributed by atoms with E-state index in [1.807, 2.05) is 32.0 Å². The van der Waals surface area contributed by atoms with Gasteiger partial charge in [-0.15, -0.1) is 0 Å². The van der Waals surface area contributed by atoms with Gasteiger partial charge in [0.25, 0.3) is 0 Å². The van der Waals surface area contributed by atoms with Crippen LogP contribution in [0.4, 0.5) is 5.69 Å². The van der Waals surface area contributed by atoms with Crippen LogP contribution in [0.15, 0.2) is 36.4 Å². The van der Waals surface area contributed by atoms with Crippen molar-refractivity contribution < 1.29 is 4.74 Å². The lowest BCUT2D eigenvalue weighted by molar-refractivity contribution is 0.304. The topological polar surface area (TPSA) is 35.2 Å². The second-order valence-electron chi connectivity index (χ2n) is 4.40. The molecule has 2 nitrogen and oxygen atoms in total. The minimum atomic E-state index is 0.427. The lowest BCUT2D eigenvalue weighted by Gasteiger charge is -2.11. The molecule has 0 saturated carbocycles. The normalized spacial score (nSPS) is 10.4. The van der Waals surface area contributed by atoms with Crippen molar-refractivity contribution in [2.24, 2.45) is 0 Å². The van der Waals surface area contributed by atoms with E-state index in [9.17, 15) is 0 Å². The molecule has 0 saturated heterocycles. The lowest BCUT2D eigenvalue weighted by atomic mass is 10.1. The van der Waals surface area contributed by atoms with Gasteiger partial charge in [-0.25, -0.2) is 0 Å². The third-order valence-electron chi connectivity index (χ3n) is 2.83. The zero-order chi connectivity index (χ0) is 13.1. The van der Waals surface area contributed by atoms with Gasteiger partial charge in [-0.2, -0.15) is 0 Å². The van der Waals surface area contributed by atoms with Crippen LogP contribution < -0.4 is 10.5 Å². The largest absolute Gasteiger partial charge is 0.489 e. The minimum absolute atomic E-state index is 0.427. The number of benzene rings is 2. The van der Waals surface area contributed by atoms with Crippen LogP contribution in [0.2, 0.25) is 5.02 Å². The van der Waals surface area contributed by atoms with E-state index in [-0.39, 0.29) is 0 Å². The van der Waals surface area contributed by atoms with E-state index in [0.717, 1.165) is 16.9 Å². The van der Waals surface area contributed by atoms with Gasteiger partial charge in [-0.1, -0.05) is 23.7 Å². The molecule has 0 amide bonds.